The molecule has 1 aromatic rings. The van der Waals surface area contributed by atoms with Gasteiger partial charge in [-0.2, -0.15) is 0 Å². The van der Waals surface area contributed by atoms with Gasteiger partial charge in [-0.05, 0) is 60.5 Å². The minimum atomic E-state index is 0.193. The minimum absolute atomic E-state index is 0.193. The van der Waals surface area contributed by atoms with Crippen molar-refractivity contribution in [3.63, 3.8) is 0 Å². The number of benzene rings is 1. The van der Waals surface area contributed by atoms with Gasteiger partial charge < -0.3 is 15.8 Å². The van der Waals surface area contributed by atoms with Gasteiger partial charge >= 0.3 is 0 Å². The van der Waals surface area contributed by atoms with Crippen molar-refractivity contribution in [3.05, 3.63) is 45.6 Å². The van der Waals surface area contributed by atoms with Crippen molar-refractivity contribution in [1.82, 2.24) is 0 Å². The van der Waals surface area contributed by atoms with Crippen molar-refractivity contribution in [3.8, 4) is 0 Å². The first-order valence-corrected chi connectivity index (χ1v) is 7.69. The summed E-state index contributed by atoms with van der Waals surface area (Å²) in [5.41, 5.74) is 7.48. The molecule has 1 aromatic carbocycles. The van der Waals surface area contributed by atoms with Crippen LogP contribution in [0.5, 0.6) is 0 Å². The molecule has 1 unspecified atom stereocenters. The van der Waals surface area contributed by atoms with E-state index in [4.69, 9.17) is 22.1 Å². The van der Waals surface area contributed by atoms with Gasteiger partial charge in [-0.15, -0.1) is 0 Å². The van der Waals surface area contributed by atoms with Gasteiger partial charge in [-0.25, -0.2) is 0 Å². The monoisotopic (exact) mass is 356 g/mol. The minimum Gasteiger partial charge on any atom is -0.491 e. The highest BCUT2D eigenvalue weighted by atomic mass is 79.9. The van der Waals surface area contributed by atoms with E-state index in [1.807, 2.05) is 26.0 Å². The van der Waals surface area contributed by atoms with E-state index in [9.17, 15) is 0 Å². The van der Waals surface area contributed by atoms with Crippen molar-refractivity contribution in [2.24, 2.45) is 0 Å². The molecule has 0 heterocycles. The number of hydrogen-bond acceptors (Lipinski definition) is 3. The zero-order valence-electron chi connectivity index (χ0n) is 11.5. The quantitative estimate of drug-likeness (QED) is 0.766. The zero-order chi connectivity index (χ0) is 14.7. The van der Waals surface area contributed by atoms with E-state index in [0.717, 1.165) is 22.3 Å². The van der Waals surface area contributed by atoms with Crippen LogP contribution in [0.3, 0.4) is 0 Å². The van der Waals surface area contributed by atoms with Gasteiger partial charge in [0.25, 0.3) is 0 Å². The maximum atomic E-state index is 6.00. The smallest absolute Gasteiger partial charge is 0.115 e. The average Bonchev–Trinajstić information content (AvgIpc) is 2.37. The van der Waals surface area contributed by atoms with E-state index >= 15 is 0 Å². The number of anilines is 2. The molecule has 0 aliphatic heterocycles. The summed E-state index contributed by atoms with van der Waals surface area (Å²) < 4.78 is 6.47. The Labute approximate surface area is 133 Å². The summed E-state index contributed by atoms with van der Waals surface area (Å²) in [4.78, 5) is 0. The highest BCUT2D eigenvalue weighted by Crippen LogP contribution is 2.32. The first-order chi connectivity index (χ1) is 9.45. The lowest BCUT2D eigenvalue weighted by Crippen LogP contribution is -2.19. The summed E-state index contributed by atoms with van der Waals surface area (Å²) in [5.74, 6) is 0.920. The van der Waals surface area contributed by atoms with E-state index in [1.54, 1.807) is 6.07 Å². The fraction of sp³-hybridized carbons (Fsp3) is 0.333. The van der Waals surface area contributed by atoms with Gasteiger partial charge in [0.15, 0.2) is 0 Å². The Morgan fingerprint density at radius 2 is 2.20 bits per heavy atom. The van der Waals surface area contributed by atoms with Crippen LogP contribution in [0.15, 0.2) is 40.6 Å². The van der Waals surface area contributed by atoms with Gasteiger partial charge in [0.2, 0.25) is 0 Å². The Kier molecular flexibility index (Phi) is 5.00. The van der Waals surface area contributed by atoms with Crippen LogP contribution in [-0.4, -0.2) is 12.1 Å². The molecular weight excluding hydrogens is 340 g/mol. The van der Waals surface area contributed by atoms with Crippen LogP contribution in [-0.2, 0) is 4.74 Å². The average molecular weight is 358 g/mol. The predicted molar refractivity (Wildman–Crippen MR) is 89.0 cm³/mol. The van der Waals surface area contributed by atoms with E-state index in [-0.39, 0.29) is 12.1 Å². The molecule has 0 fully saturated rings. The Bertz CT molecular complexity index is 555. The summed E-state index contributed by atoms with van der Waals surface area (Å²) in [7, 11) is 0. The molecule has 20 heavy (non-hydrogen) atoms. The number of hydrogen-bond donors (Lipinski definition) is 2. The van der Waals surface area contributed by atoms with E-state index in [2.05, 4.69) is 33.4 Å². The number of allylic oxidation sites excluding steroid dienone is 1. The first kappa shape index (κ1) is 15.3. The van der Waals surface area contributed by atoms with E-state index < -0.39 is 0 Å². The number of nitrogens with two attached hydrogens (primary N) is 1. The Morgan fingerprint density at radius 1 is 1.45 bits per heavy atom. The van der Waals surface area contributed by atoms with Crippen LogP contribution in [0.25, 0.3) is 0 Å². The summed E-state index contributed by atoms with van der Waals surface area (Å²) in [6, 6.07) is 3.84. The molecule has 0 radical (unpaired) electrons. The Balaban J connectivity index is 2.02. The molecule has 0 saturated carbocycles. The molecule has 3 nitrogen and oxygen atoms in total. The maximum Gasteiger partial charge on any atom is 0.115 e. The van der Waals surface area contributed by atoms with Crippen molar-refractivity contribution >= 4 is 38.9 Å². The lowest BCUT2D eigenvalue weighted by molar-refractivity contribution is 0.156. The van der Waals surface area contributed by atoms with Crippen LogP contribution < -0.4 is 11.1 Å². The van der Waals surface area contributed by atoms with Crippen LogP contribution in [0.2, 0.25) is 5.02 Å². The summed E-state index contributed by atoms with van der Waals surface area (Å²) in [5, 5.41) is 4.00. The highest BCUT2D eigenvalue weighted by molar-refractivity contribution is 9.10. The van der Waals surface area contributed by atoms with Gasteiger partial charge in [0.05, 0.1) is 22.5 Å². The molecule has 0 amide bonds. The molecule has 1 aliphatic rings. The maximum absolute atomic E-state index is 6.00. The lowest BCUT2D eigenvalue weighted by Gasteiger charge is -2.21. The lowest BCUT2D eigenvalue weighted by atomic mass is 10.1. The largest absolute Gasteiger partial charge is 0.491 e. The molecule has 0 bridgehead atoms. The third kappa shape index (κ3) is 3.93. The van der Waals surface area contributed by atoms with E-state index in [0.29, 0.717) is 10.7 Å². The molecular formula is C15H18BrClN2O. The molecule has 0 spiro atoms. The second-order valence-electron chi connectivity index (χ2n) is 4.97. The summed E-state index contributed by atoms with van der Waals surface area (Å²) in [6.45, 7) is 4.04. The van der Waals surface area contributed by atoms with Crippen molar-refractivity contribution < 1.29 is 4.74 Å². The van der Waals surface area contributed by atoms with Gasteiger partial charge in [-0.3, -0.25) is 0 Å². The van der Waals surface area contributed by atoms with Crippen molar-refractivity contribution in [2.75, 3.05) is 11.1 Å². The zero-order valence-corrected chi connectivity index (χ0v) is 13.8. The topological polar surface area (TPSA) is 47.3 Å². The highest BCUT2D eigenvalue weighted by Gasteiger charge is 2.12. The molecule has 1 atom stereocenters. The number of nitrogen functional groups attached to an aromatic ring is 1. The molecule has 108 valence electrons. The fourth-order valence-electron chi connectivity index (χ4n) is 1.95. The SMILES string of the molecule is CC(C)OC1=CCC(Nc2cc(Br)c(Cl)cc2N)C=C1. The predicted octanol–water partition coefficient (Wildman–Crippen LogP) is 4.73. The second-order valence-corrected chi connectivity index (χ2v) is 6.23. The molecule has 0 saturated heterocycles. The van der Waals surface area contributed by atoms with Crippen molar-refractivity contribution in [1.29, 1.82) is 0 Å². The normalized spacial score (nSPS) is 18.1. The van der Waals surface area contributed by atoms with Crippen LogP contribution in [0.1, 0.15) is 20.3 Å². The van der Waals surface area contributed by atoms with Crippen LogP contribution >= 0.6 is 27.5 Å². The molecule has 3 N–H and O–H groups in total. The number of nitrogens with one attached hydrogen (secondary N) is 1. The third-order valence-electron chi connectivity index (χ3n) is 2.87. The fourth-order valence-corrected chi connectivity index (χ4v) is 2.47. The van der Waals surface area contributed by atoms with Gasteiger partial charge in [0, 0.05) is 10.5 Å². The molecule has 2 rings (SSSR count). The summed E-state index contributed by atoms with van der Waals surface area (Å²) >= 11 is 9.41. The molecule has 0 aromatic heterocycles. The van der Waals surface area contributed by atoms with Gasteiger partial charge in [-0.1, -0.05) is 17.7 Å². The number of ether oxygens (including phenoxy) is 1. The van der Waals surface area contributed by atoms with E-state index in [1.165, 1.54) is 0 Å². The van der Waals surface area contributed by atoms with Crippen LogP contribution in [0.4, 0.5) is 11.4 Å². The Morgan fingerprint density at radius 3 is 2.80 bits per heavy atom. The van der Waals surface area contributed by atoms with Crippen LogP contribution in [0, 0.1) is 0 Å². The summed E-state index contributed by atoms with van der Waals surface area (Å²) in [6.07, 6.45) is 7.21. The standard InChI is InChI=1S/C15H18BrClN2O/c1-9(2)20-11-5-3-10(4-6-11)19-15-7-12(16)13(17)8-14(15)18/h3,5-10,19H,4,18H2,1-2H3. The van der Waals surface area contributed by atoms with Gasteiger partial charge in [0.1, 0.15) is 5.76 Å². The Hall–Kier alpha value is -1.13. The first-order valence-electron chi connectivity index (χ1n) is 6.52. The second kappa shape index (κ2) is 6.55. The molecule has 5 heteroatoms. The third-order valence-corrected chi connectivity index (χ3v) is 4.07. The molecule has 1 aliphatic carbocycles. The number of halogens is 2. The van der Waals surface area contributed by atoms with Crippen molar-refractivity contribution in [2.45, 2.75) is 32.4 Å². The number of rotatable bonds is 4.